The van der Waals surface area contributed by atoms with Gasteiger partial charge in [0.15, 0.2) is 6.04 Å². The average Bonchev–Trinajstić information content (AvgIpc) is 2.04. The number of aliphatic imine (C=N–C) groups is 1. The molecule has 1 heterocycles. The van der Waals surface area contributed by atoms with Crippen molar-refractivity contribution < 1.29 is 9.90 Å². The largest absolute Gasteiger partial charge is 0.480 e. The fraction of sp³-hybridized carbons (Fsp3) is 0.714. The van der Waals surface area contributed by atoms with Gasteiger partial charge in [-0.3, -0.25) is 4.99 Å². The van der Waals surface area contributed by atoms with Crippen LogP contribution in [0.15, 0.2) is 4.99 Å². The summed E-state index contributed by atoms with van der Waals surface area (Å²) < 4.78 is -0.282. The monoisotopic (exact) mass is 173 g/mol. The van der Waals surface area contributed by atoms with Gasteiger partial charge in [-0.2, -0.15) is 0 Å². The first-order chi connectivity index (χ1) is 4.93. The first kappa shape index (κ1) is 8.59. The van der Waals surface area contributed by atoms with Crippen LogP contribution in [-0.2, 0) is 4.79 Å². The van der Waals surface area contributed by atoms with Gasteiger partial charge in [0.25, 0.3) is 0 Å². The van der Waals surface area contributed by atoms with Gasteiger partial charge >= 0.3 is 5.97 Å². The second-order valence-electron chi connectivity index (χ2n) is 3.09. The molecule has 1 rings (SSSR count). The Hall–Kier alpha value is -0.510. The maximum Gasteiger partial charge on any atom is 0.329 e. The van der Waals surface area contributed by atoms with E-state index in [1.165, 1.54) is 11.8 Å². The summed E-state index contributed by atoms with van der Waals surface area (Å²) in [6.07, 6.45) is 0. The molecule has 1 atom stereocenters. The Balaban J connectivity index is 2.86. The van der Waals surface area contributed by atoms with E-state index >= 15 is 0 Å². The SMILES string of the molecule is CC1=NC(C(=O)O)C(C)(C)S1. The first-order valence-electron chi connectivity index (χ1n) is 3.40. The Morgan fingerprint density at radius 3 is 2.45 bits per heavy atom. The second-order valence-corrected chi connectivity index (χ2v) is 4.94. The summed E-state index contributed by atoms with van der Waals surface area (Å²) in [6, 6.07) is -0.576. The summed E-state index contributed by atoms with van der Waals surface area (Å²) in [6.45, 7) is 5.64. The number of carboxylic acid groups (broad SMARTS) is 1. The normalized spacial score (nSPS) is 28.3. The number of rotatable bonds is 1. The van der Waals surface area contributed by atoms with Crippen LogP contribution in [0.25, 0.3) is 0 Å². The second kappa shape index (κ2) is 2.52. The van der Waals surface area contributed by atoms with E-state index in [1.54, 1.807) is 0 Å². The molecule has 0 aromatic heterocycles. The van der Waals surface area contributed by atoms with Crippen molar-refractivity contribution in [3.63, 3.8) is 0 Å². The molecule has 3 nitrogen and oxygen atoms in total. The van der Waals surface area contributed by atoms with Crippen LogP contribution >= 0.6 is 11.8 Å². The highest BCUT2D eigenvalue weighted by Crippen LogP contribution is 2.37. The Morgan fingerprint density at radius 1 is 1.73 bits per heavy atom. The van der Waals surface area contributed by atoms with Crippen LogP contribution in [-0.4, -0.2) is 26.9 Å². The zero-order chi connectivity index (χ0) is 8.65. The van der Waals surface area contributed by atoms with Crippen LogP contribution < -0.4 is 0 Å². The highest BCUT2D eigenvalue weighted by molar-refractivity contribution is 8.15. The van der Waals surface area contributed by atoms with Gasteiger partial charge < -0.3 is 5.11 Å². The Morgan fingerprint density at radius 2 is 2.27 bits per heavy atom. The van der Waals surface area contributed by atoms with E-state index in [0.29, 0.717) is 0 Å². The molecule has 0 aromatic carbocycles. The van der Waals surface area contributed by atoms with E-state index in [0.717, 1.165) is 5.04 Å². The van der Waals surface area contributed by atoms with Gasteiger partial charge in [-0.1, -0.05) is 0 Å². The molecule has 0 fully saturated rings. The van der Waals surface area contributed by atoms with Crippen molar-refractivity contribution in [3.8, 4) is 0 Å². The molecule has 0 saturated heterocycles. The van der Waals surface area contributed by atoms with Gasteiger partial charge in [0, 0.05) is 4.75 Å². The maximum absolute atomic E-state index is 10.6. The Labute approximate surface area is 69.9 Å². The number of hydrogen-bond acceptors (Lipinski definition) is 3. The number of aliphatic carboxylic acids is 1. The Kier molecular flexibility index (Phi) is 1.96. The number of nitrogens with zero attached hydrogens (tertiary/aromatic N) is 1. The van der Waals surface area contributed by atoms with Crippen LogP contribution in [0.3, 0.4) is 0 Å². The molecule has 4 heteroatoms. The average molecular weight is 173 g/mol. The number of carbonyl (C=O) groups is 1. The van der Waals surface area contributed by atoms with Crippen LogP contribution in [0, 0.1) is 0 Å². The molecule has 0 bridgehead atoms. The third-order valence-corrected chi connectivity index (χ3v) is 2.76. The summed E-state index contributed by atoms with van der Waals surface area (Å²) >= 11 is 1.53. The topological polar surface area (TPSA) is 49.7 Å². The minimum Gasteiger partial charge on any atom is -0.480 e. The zero-order valence-electron chi connectivity index (χ0n) is 6.79. The Bertz CT molecular complexity index is 222. The molecule has 0 saturated carbocycles. The number of hydrogen-bond donors (Lipinski definition) is 1. The van der Waals surface area contributed by atoms with E-state index in [9.17, 15) is 4.79 Å². The van der Waals surface area contributed by atoms with Gasteiger partial charge in [-0.15, -0.1) is 11.8 Å². The molecule has 0 aliphatic carbocycles. The summed E-state index contributed by atoms with van der Waals surface area (Å²) in [7, 11) is 0. The number of carboxylic acids is 1. The molecule has 0 amide bonds. The van der Waals surface area contributed by atoms with Gasteiger partial charge in [-0.25, -0.2) is 4.79 Å². The van der Waals surface area contributed by atoms with Crippen molar-refractivity contribution in [2.75, 3.05) is 0 Å². The number of thioether (sulfide) groups is 1. The maximum atomic E-state index is 10.6. The van der Waals surface area contributed by atoms with E-state index in [2.05, 4.69) is 4.99 Å². The highest BCUT2D eigenvalue weighted by atomic mass is 32.2. The molecule has 1 aliphatic rings. The van der Waals surface area contributed by atoms with Gasteiger partial charge in [0.1, 0.15) is 0 Å². The van der Waals surface area contributed by atoms with Gasteiger partial charge in [0.05, 0.1) is 5.04 Å². The van der Waals surface area contributed by atoms with Gasteiger partial charge in [0.2, 0.25) is 0 Å². The van der Waals surface area contributed by atoms with Gasteiger partial charge in [-0.05, 0) is 20.8 Å². The molecule has 62 valence electrons. The van der Waals surface area contributed by atoms with E-state index in [4.69, 9.17) is 5.11 Å². The third-order valence-electron chi connectivity index (χ3n) is 1.61. The lowest BCUT2D eigenvalue weighted by molar-refractivity contribution is -0.138. The smallest absolute Gasteiger partial charge is 0.329 e. The fourth-order valence-corrected chi connectivity index (χ4v) is 2.34. The lowest BCUT2D eigenvalue weighted by atomic mass is 10.0. The fourth-order valence-electron chi connectivity index (χ4n) is 1.15. The van der Waals surface area contributed by atoms with Crippen molar-refractivity contribution in [1.82, 2.24) is 0 Å². The molecule has 0 spiro atoms. The summed E-state index contributed by atoms with van der Waals surface area (Å²) in [5.41, 5.74) is 0. The first-order valence-corrected chi connectivity index (χ1v) is 4.21. The standard InChI is InChI=1S/C7H11NO2S/c1-4-8-5(6(9)10)7(2,3)11-4/h5H,1-3H3,(H,9,10). The van der Waals surface area contributed by atoms with Crippen molar-refractivity contribution in [3.05, 3.63) is 0 Å². The van der Waals surface area contributed by atoms with Crippen molar-refractivity contribution in [2.24, 2.45) is 4.99 Å². The highest BCUT2D eigenvalue weighted by Gasteiger charge is 2.40. The molecule has 0 aromatic rings. The predicted octanol–water partition coefficient (Wildman–Crippen LogP) is 1.38. The van der Waals surface area contributed by atoms with Crippen molar-refractivity contribution in [2.45, 2.75) is 31.6 Å². The molecular weight excluding hydrogens is 162 g/mol. The predicted molar refractivity (Wildman–Crippen MR) is 46.2 cm³/mol. The summed E-state index contributed by atoms with van der Waals surface area (Å²) in [5, 5.41) is 9.61. The quantitative estimate of drug-likeness (QED) is 0.651. The molecular formula is C7H11NO2S. The van der Waals surface area contributed by atoms with Crippen LogP contribution in [0.4, 0.5) is 0 Å². The molecule has 1 N–H and O–H groups in total. The van der Waals surface area contributed by atoms with Crippen molar-refractivity contribution >= 4 is 22.8 Å². The minimum atomic E-state index is -0.834. The zero-order valence-corrected chi connectivity index (χ0v) is 7.60. The third kappa shape index (κ3) is 1.56. The molecule has 11 heavy (non-hydrogen) atoms. The van der Waals surface area contributed by atoms with Crippen LogP contribution in [0.5, 0.6) is 0 Å². The van der Waals surface area contributed by atoms with Crippen LogP contribution in [0.2, 0.25) is 0 Å². The minimum absolute atomic E-state index is 0.282. The van der Waals surface area contributed by atoms with Crippen molar-refractivity contribution in [1.29, 1.82) is 0 Å². The van der Waals surface area contributed by atoms with Crippen LogP contribution in [0.1, 0.15) is 20.8 Å². The molecule has 1 unspecified atom stereocenters. The molecule has 1 aliphatic heterocycles. The van der Waals surface area contributed by atoms with E-state index in [1.807, 2.05) is 20.8 Å². The van der Waals surface area contributed by atoms with E-state index in [-0.39, 0.29) is 4.75 Å². The summed E-state index contributed by atoms with van der Waals surface area (Å²) in [4.78, 5) is 14.7. The lowest BCUT2D eigenvalue weighted by Crippen LogP contribution is -2.34. The lowest BCUT2D eigenvalue weighted by Gasteiger charge is -2.19. The molecule has 0 radical (unpaired) electrons. The summed E-state index contributed by atoms with van der Waals surface area (Å²) in [5.74, 6) is -0.834. The van der Waals surface area contributed by atoms with E-state index < -0.39 is 12.0 Å².